The second kappa shape index (κ2) is 13.2. The lowest BCUT2D eigenvalue weighted by atomic mass is 10.1. The lowest BCUT2D eigenvalue weighted by Crippen LogP contribution is -2.49. The van der Waals surface area contributed by atoms with Gasteiger partial charge in [0.25, 0.3) is 0 Å². The zero-order chi connectivity index (χ0) is 27.0. The van der Waals surface area contributed by atoms with E-state index in [1.807, 2.05) is 24.0 Å². The van der Waals surface area contributed by atoms with E-state index < -0.39 is 23.7 Å². The van der Waals surface area contributed by atoms with Gasteiger partial charge < -0.3 is 20.1 Å². The Morgan fingerprint density at radius 3 is 2.41 bits per heavy atom. The van der Waals surface area contributed by atoms with Crippen molar-refractivity contribution in [1.82, 2.24) is 14.9 Å². The van der Waals surface area contributed by atoms with Crippen molar-refractivity contribution < 1.29 is 26.7 Å². The summed E-state index contributed by atoms with van der Waals surface area (Å²) in [6, 6.07) is 8.76. The van der Waals surface area contributed by atoms with Gasteiger partial charge in [-0.1, -0.05) is 36.6 Å². The summed E-state index contributed by atoms with van der Waals surface area (Å²) in [6.07, 6.45) is -1.80. The summed E-state index contributed by atoms with van der Waals surface area (Å²) in [4.78, 5) is 25.6. The molecule has 202 valence electrons. The van der Waals surface area contributed by atoms with E-state index in [0.717, 1.165) is 29.7 Å². The topological polar surface area (TPSA) is 115 Å². The molecule has 37 heavy (non-hydrogen) atoms. The zero-order valence-electron chi connectivity index (χ0n) is 20.4. The summed E-state index contributed by atoms with van der Waals surface area (Å²) < 4.78 is 57.7. The Morgan fingerprint density at radius 1 is 1.16 bits per heavy atom. The first-order chi connectivity index (χ1) is 17.6. The average Bonchev–Trinajstić information content (AvgIpc) is 3.25. The minimum Gasteiger partial charge on any atom is -0.772 e. The molecule has 0 aliphatic carbocycles. The van der Waals surface area contributed by atoms with Crippen LogP contribution in [0.3, 0.4) is 0 Å². The number of amides is 1. The Kier molecular flexibility index (Phi) is 10.2. The highest BCUT2D eigenvalue weighted by Gasteiger charge is 2.30. The number of carbonyl (C=O) groups excluding carboxylic acids is 1. The Balaban J connectivity index is 0.000000479. The monoisotopic (exact) mass is 556 g/mol. The first kappa shape index (κ1) is 28.8. The van der Waals surface area contributed by atoms with E-state index >= 15 is 0 Å². The highest BCUT2D eigenvalue weighted by atomic mass is 32.2. The Bertz CT molecular complexity index is 1200. The third-order valence-electron chi connectivity index (χ3n) is 5.67. The van der Waals surface area contributed by atoms with Gasteiger partial charge >= 0.3 is 6.18 Å². The third-order valence-corrected chi connectivity index (χ3v) is 7.33. The highest BCUT2D eigenvalue weighted by molar-refractivity contribution is 7.79. The minimum atomic E-state index is -4.26. The smallest absolute Gasteiger partial charge is 0.393 e. The Labute approximate surface area is 220 Å². The number of halogens is 3. The summed E-state index contributed by atoms with van der Waals surface area (Å²) in [7, 11) is 0. The number of nitrogens with two attached hydrogens (primary N) is 1. The predicted octanol–water partition coefficient (Wildman–Crippen LogP) is 3.94. The first-order valence-electron chi connectivity index (χ1n) is 11.8. The van der Waals surface area contributed by atoms with Crippen molar-refractivity contribution in [2.75, 3.05) is 42.6 Å². The van der Waals surface area contributed by atoms with E-state index in [4.69, 9.17) is 5.73 Å². The summed E-state index contributed by atoms with van der Waals surface area (Å²) in [5.74, 6) is 0.974. The number of benzene rings is 1. The van der Waals surface area contributed by atoms with Crippen LogP contribution in [0.15, 0.2) is 36.7 Å². The molecule has 1 atom stereocenters. The average molecular weight is 557 g/mol. The van der Waals surface area contributed by atoms with Gasteiger partial charge in [-0.2, -0.15) is 13.2 Å². The lowest BCUT2D eigenvalue weighted by molar-refractivity contribution is -0.130. The third kappa shape index (κ3) is 8.93. The number of rotatable bonds is 7. The Morgan fingerprint density at radius 2 is 1.84 bits per heavy atom. The number of carbonyl (C=O) groups is 1. The van der Waals surface area contributed by atoms with Crippen LogP contribution in [0.25, 0.3) is 10.2 Å². The molecule has 0 bridgehead atoms. The normalized spacial score (nSPS) is 14.8. The molecule has 2 aromatic heterocycles. The van der Waals surface area contributed by atoms with Crippen LogP contribution in [0.1, 0.15) is 30.2 Å². The van der Waals surface area contributed by atoms with E-state index in [1.54, 1.807) is 17.0 Å². The van der Waals surface area contributed by atoms with Gasteiger partial charge in [-0.05, 0) is 30.2 Å². The molecule has 1 saturated heterocycles. The van der Waals surface area contributed by atoms with Gasteiger partial charge in [0.2, 0.25) is 5.91 Å². The molecule has 1 aromatic carbocycles. The molecule has 1 aliphatic heterocycles. The fourth-order valence-electron chi connectivity index (χ4n) is 3.78. The van der Waals surface area contributed by atoms with Gasteiger partial charge in [0, 0.05) is 42.5 Å². The molecule has 1 unspecified atom stereocenters. The van der Waals surface area contributed by atoms with Crippen molar-refractivity contribution >= 4 is 50.0 Å². The molecule has 2 N–H and O–H groups in total. The highest BCUT2D eigenvalue weighted by Crippen LogP contribution is 2.34. The SMILES string of the molecule is CCCCS(=O)[O-].Nc1ccc(CC(=O)N2CCN(c3ncnc4sc(CC(F)(F)F)cc34)CC2)cc1. The van der Waals surface area contributed by atoms with Crippen molar-refractivity contribution in [1.29, 1.82) is 0 Å². The fraction of sp³-hybridized carbons (Fsp3) is 0.458. The molecule has 13 heteroatoms. The van der Waals surface area contributed by atoms with Crippen molar-refractivity contribution in [3.8, 4) is 0 Å². The number of thiophene rings is 1. The van der Waals surface area contributed by atoms with Gasteiger partial charge in [-0.3, -0.25) is 9.00 Å². The molecule has 0 spiro atoms. The molecule has 1 amide bonds. The lowest BCUT2D eigenvalue weighted by Gasteiger charge is -2.35. The second-order valence-electron chi connectivity index (χ2n) is 8.57. The van der Waals surface area contributed by atoms with Gasteiger partial charge in [0.1, 0.15) is 17.0 Å². The molecule has 8 nitrogen and oxygen atoms in total. The molecule has 0 radical (unpaired) electrons. The maximum absolute atomic E-state index is 12.7. The van der Waals surface area contributed by atoms with Crippen LogP contribution >= 0.6 is 11.3 Å². The van der Waals surface area contributed by atoms with Crippen molar-refractivity contribution in [3.63, 3.8) is 0 Å². The van der Waals surface area contributed by atoms with Crippen LogP contribution in [0, 0.1) is 0 Å². The van der Waals surface area contributed by atoms with Crippen LogP contribution in [0.5, 0.6) is 0 Å². The van der Waals surface area contributed by atoms with Crippen LogP contribution < -0.4 is 10.6 Å². The number of hydrogen-bond donors (Lipinski definition) is 1. The summed E-state index contributed by atoms with van der Waals surface area (Å²) in [6.45, 7) is 4.14. The van der Waals surface area contributed by atoms with E-state index in [2.05, 4.69) is 9.97 Å². The van der Waals surface area contributed by atoms with Crippen molar-refractivity contribution in [3.05, 3.63) is 47.1 Å². The molecule has 4 rings (SSSR count). The van der Waals surface area contributed by atoms with E-state index in [9.17, 15) is 26.7 Å². The minimum absolute atomic E-state index is 0.0373. The van der Waals surface area contributed by atoms with Crippen LogP contribution in [-0.2, 0) is 28.7 Å². The standard InChI is InChI=1S/C20H20F3N5OS.C4H10O2S/c21-20(22,23)11-15-10-16-18(25-12-26-19(16)30-15)28-7-5-27(6-8-28)17(29)9-13-1-3-14(24)4-2-13;1-2-3-4-7(5)6/h1-4,10,12H,5-9,11,24H2;2-4H2,1H3,(H,5,6)/p-1. The van der Waals surface area contributed by atoms with E-state index in [-0.39, 0.29) is 10.8 Å². The van der Waals surface area contributed by atoms with Gasteiger partial charge in [-0.15, -0.1) is 11.3 Å². The molecule has 1 aliphatic rings. The molecule has 3 heterocycles. The number of nitrogen functional groups attached to an aromatic ring is 1. The van der Waals surface area contributed by atoms with Gasteiger partial charge in [0.15, 0.2) is 0 Å². The number of fused-ring (bicyclic) bond motifs is 1. The second-order valence-corrected chi connectivity index (χ2v) is 10.7. The number of alkyl halides is 3. The van der Waals surface area contributed by atoms with E-state index in [1.165, 1.54) is 12.4 Å². The van der Waals surface area contributed by atoms with Crippen LogP contribution in [-0.4, -0.2) is 67.6 Å². The summed E-state index contributed by atoms with van der Waals surface area (Å²) in [5, 5.41) is 0.628. The summed E-state index contributed by atoms with van der Waals surface area (Å²) in [5.41, 5.74) is 7.24. The number of hydrogen-bond acceptors (Lipinski definition) is 8. The molecule has 3 aromatic rings. The number of nitrogens with zero attached hydrogens (tertiary/aromatic N) is 4. The number of unbranched alkanes of at least 4 members (excludes halogenated alkanes) is 1. The van der Waals surface area contributed by atoms with Crippen molar-refractivity contribution in [2.45, 2.75) is 38.8 Å². The number of anilines is 2. The first-order valence-corrected chi connectivity index (χ1v) is 13.8. The Hall–Kier alpha value is -2.77. The van der Waals surface area contributed by atoms with E-state index in [0.29, 0.717) is 60.1 Å². The summed E-state index contributed by atoms with van der Waals surface area (Å²) >= 11 is -0.777. The number of aromatic nitrogens is 2. The fourth-order valence-corrected chi connectivity index (χ4v) is 5.33. The quantitative estimate of drug-likeness (QED) is 0.346. The zero-order valence-corrected chi connectivity index (χ0v) is 22.0. The molecule has 0 saturated carbocycles. The predicted molar refractivity (Wildman–Crippen MR) is 139 cm³/mol. The maximum Gasteiger partial charge on any atom is 0.393 e. The van der Waals surface area contributed by atoms with Crippen LogP contribution in [0.2, 0.25) is 0 Å². The van der Waals surface area contributed by atoms with Crippen molar-refractivity contribution in [2.24, 2.45) is 0 Å². The largest absolute Gasteiger partial charge is 0.772 e. The van der Waals surface area contributed by atoms with Gasteiger partial charge in [-0.25, -0.2) is 9.97 Å². The molecule has 1 fully saturated rings. The van der Waals surface area contributed by atoms with Gasteiger partial charge in [0.05, 0.1) is 18.2 Å². The molecular weight excluding hydrogens is 527 g/mol. The maximum atomic E-state index is 12.7. The molecular formula is C24H29F3N5O3S2-. The number of piperazine rings is 1. The van der Waals surface area contributed by atoms with Crippen LogP contribution in [0.4, 0.5) is 24.7 Å².